The fraction of sp³-hybridized carbons (Fsp3) is 1.00. The highest BCUT2D eigenvalue weighted by atomic mass is 31.1. The predicted octanol–water partition coefficient (Wildman–Crippen LogP) is 2.11. The lowest BCUT2D eigenvalue weighted by molar-refractivity contribution is -0.328. The lowest BCUT2D eigenvalue weighted by atomic mass is 10.3. The van der Waals surface area contributed by atoms with E-state index in [1.54, 1.807) is 0 Å². The van der Waals surface area contributed by atoms with Crippen molar-refractivity contribution in [1.29, 1.82) is 0 Å². The minimum atomic E-state index is -5.67. The van der Waals surface area contributed by atoms with Gasteiger partial charge in [0.05, 0.1) is 0 Å². The monoisotopic (exact) mass is 214 g/mol. The van der Waals surface area contributed by atoms with E-state index in [2.05, 4.69) is 0 Å². The first kappa shape index (κ1) is 12.0. The van der Waals surface area contributed by atoms with E-state index >= 15 is 0 Å². The molecular weight excluding hydrogens is 209 g/mol. The molecule has 12 heavy (non-hydrogen) atoms. The molecule has 0 aromatic heterocycles. The Kier molecular flexibility index (Phi) is 3.02. The van der Waals surface area contributed by atoms with Crippen LogP contribution in [0.3, 0.4) is 0 Å². The Bertz CT molecular complexity index is 146. The molecular formula is C4H5F6OP. The van der Waals surface area contributed by atoms with Gasteiger partial charge in [0.2, 0.25) is 0 Å². The molecule has 0 aromatic rings. The van der Waals surface area contributed by atoms with Crippen molar-refractivity contribution in [3.05, 3.63) is 0 Å². The highest BCUT2D eigenvalue weighted by Gasteiger charge is 2.69. The molecule has 1 nitrogen and oxygen atoms in total. The number of hydrogen-bond donors (Lipinski definition) is 1. The molecule has 0 heterocycles. The van der Waals surface area contributed by atoms with Crippen LogP contribution < -0.4 is 0 Å². The quantitative estimate of drug-likeness (QED) is 0.523. The largest absolute Gasteiger partial charge is 0.429 e. The molecule has 0 fully saturated rings. The van der Waals surface area contributed by atoms with Crippen molar-refractivity contribution in [3.8, 4) is 0 Å². The average molecular weight is 214 g/mol. The minimum absolute atomic E-state index is 0.640. The zero-order chi connectivity index (χ0) is 10.2. The zero-order valence-electron chi connectivity index (χ0n) is 5.72. The fourth-order valence-corrected chi connectivity index (χ4v) is 1.01. The molecule has 0 amide bonds. The Hall–Kier alpha value is -0.0300. The van der Waals surface area contributed by atoms with Crippen LogP contribution in [0.1, 0.15) is 0 Å². The molecule has 74 valence electrons. The molecule has 8 heteroatoms. The summed E-state index contributed by atoms with van der Waals surface area (Å²) in [5, 5.41) is 3.70. The molecule has 1 unspecified atom stereocenters. The van der Waals surface area contributed by atoms with E-state index in [4.69, 9.17) is 5.11 Å². The Morgan fingerprint density at radius 3 is 1.17 bits per heavy atom. The van der Waals surface area contributed by atoms with E-state index in [1.165, 1.54) is 0 Å². The maximum absolute atomic E-state index is 11.6. The van der Waals surface area contributed by atoms with Gasteiger partial charge in [-0.1, -0.05) is 8.58 Å². The van der Waals surface area contributed by atoms with Gasteiger partial charge in [0.25, 0.3) is 5.34 Å². The van der Waals surface area contributed by atoms with E-state index in [0.29, 0.717) is 6.66 Å². The minimum Gasteiger partial charge on any atom is -0.370 e. The van der Waals surface area contributed by atoms with Crippen molar-refractivity contribution in [2.75, 3.05) is 6.66 Å². The lowest BCUT2D eigenvalue weighted by Crippen LogP contribution is -2.52. The molecule has 0 aromatic carbocycles. The maximum atomic E-state index is 11.6. The van der Waals surface area contributed by atoms with E-state index in [1.807, 2.05) is 0 Å². The van der Waals surface area contributed by atoms with Crippen molar-refractivity contribution < 1.29 is 31.4 Å². The van der Waals surface area contributed by atoms with E-state index < -0.39 is 26.3 Å². The van der Waals surface area contributed by atoms with Crippen LogP contribution in [0.5, 0.6) is 0 Å². The van der Waals surface area contributed by atoms with Crippen LogP contribution in [0.15, 0.2) is 0 Å². The van der Waals surface area contributed by atoms with Gasteiger partial charge in [-0.15, -0.1) is 0 Å². The number of alkyl halides is 6. The summed E-state index contributed by atoms with van der Waals surface area (Å²) in [7, 11) is -1.69. The first-order valence-electron chi connectivity index (χ1n) is 2.61. The van der Waals surface area contributed by atoms with Gasteiger partial charge in [-0.05, 0) is 6.66 Å². The molecule has 0 rings (SSSR count). The van der Waals surface area contributed by atoms with Gasteiger partial charge in [0.15, 0.2) is 0 Å². The van der Waals surface area contributed by atoms with Gasteiger partial charge in [-0.3, -0.25) is 0 Å². The molecule has 0 radical (unpaired) electrons. The summed E-state index contributed by atoms with van der Waals surface area (Å²) in [4.78, 5) is 0. The Morgan fingerprint density at radius 1 is 0.917 bits per heavy atom. The third-order valence-electron chi connectivity index (χ3n) is 1.18. The summed E-state index contributed by atoms with van der Waals surface area (Å²) in [5.74, 6) is 0. The smallest absolute Gasteiger partial charge is 0.370 e. The predicted molar refractivity (Wildman–Crippen MR) is 31.3 cm³/mol. The van der Waals surface area contributed by atoms with E-state index in [-0.39, 0.29) is 0 Å². The van der Waals surface area contributed by atoms with Crippen LogP contribution in [-0.2, 0) is 0 Å². The van der Waals surface area contributed by atoms with Gasteiger partial charge in [-0.25, -0.2) is 0 Å². The fourth-order valence-electron chi connectivity index (χ4n) is 0.444. The summed E-state index contributed by atoms with van der Waals surface area (Å²) in [6.45, 7) is 0.640. The van der Waals surface area contributed by atoms with Gasteiger partial charge in [-0.2, -0.15) is 26.3 Å². The first-order valence-corrected chi connectivity index (χ1v) is 4.11. The second-order valence-electron chi connectivity index (χ2n) is 1.96. The topological polar surface area (TPSA) is 20.2 Å². The molecule has 0 spiro atoms. The molecule has 1 atom stereocenters. The third kappa shape index (κ3) is 1.82. The van der Waals surface area contributed by atoms with Gasteiger partial charge in [0, 0.05) is 0 Å². The molecule has 1 N–H and O–H groups in total. The molecule has 0 aliphatic rings. The summed E-state index contributed by atoms with van der Waals surface area (Å²) in [5.41, 5.74) is 0. The highest BCUT2D eigenvalue weighted by Crippen LogP contribution is 2.51. The SMILES string of the molecule is CPC(O)(C(F)(F)F)C(F)(F)F. The number of aliphatic hydroxyl groups is 1. The van der Waals surface area contributed by atoms with Crippen LogP contribution in [-0.4, -0.2) is 29.5 Å². The first-order chi connectivity index (χ1) is 5.06. The summed E-state index contributed by atoms with van der Waals surface area (Å²) in [6.07, 6.45) is -11.3. The summed E-state index contributed by atoms with van der Waals surface area (Å²) < 4.78 is 69.8. The Morgan fingerprint density at radius 2 is 1.17 bits per heavy atom. The second-order valence-corrected chi connectivity index (χ2v) is 3.18. The lowest BCUT2D eigenvalue weighted by Gasteiger charge is -2.30. The third-order valence-corrected chi connectivity index (χ3v) is 2.47. The van der Waals surface area contributed by atoms with Gasteiger partial charge >= 0.3 is 12.4 Å². The van der Waals surface area contributed by atoms with Crippen LogP contribution in [0.2, 0.25) is 0 Å². The molecule has 0 saturated heterocycles. The Balaban J connectivity index is 4.95. The van der Waals surface area contributed by atoms with Crippen molar-refractivity contribution in [2.45, 2.75) is 17.7 Å². The van der Waals surface area contributed by atoms with Crippen molar-refractivity contribution >= 4 is 8.58 Å². The summed E-state index contributed by atoms with van der Waals surface area (Å²) >= 11 is 0. The number of rotatable bonds is 1. The molecule has 0 bridgehead atoms. The molecule has 0 aliphatic heterocycles. The van der Waals surface area contributed by atoms with Gasteiger partial charge < -0.3 is 5.11 Å². The van der Waals surface area contributed by atoms with E-state index in [9.17, 15) is 26.3 Å². The maximum Gasteiger partial charge on any atom is 0.429 e. The normalized spacial score (nSPS) is 16.0. The zero-order valence-corrected chi connectivity index (χ0v) is 6.72. The average Bonchev–Trinajstić information content (AvgIpc) is 1.81. The number of hydrogen-bond acceptors (Lipinski definition) is 1. The van der Waals surface area contributed by atoms with Crippen molar-refractivity contribution in [3.63, 3.8) is 0 Å². The van der Waals surface area contributed by atoms with Crippen LogP contribution in [0.4, 0.5) is 26.3 Å². The van der Waals surface area contributed by atoms with Crippen molar-refractivity contribution in [2.24, 2.45) is 0 Å². The van der Waals surface area contributed by atoms with Crippen LogP contribution in [0.25, 0.3) is 0 Å². The van der Waals surface area contributed by atoms with Crippen molar-refractivity contribution in [1.82, 2.24) is 0 Å². The van der Waals surface area contributed by atoms with Crippen LogP contribution in [0, 0.1) is 0 Å². The highest BCUT2D eigenvalue weighted by molar-refractivity contribution is 7.39. The second kappa shape index (κ2) is 3.03. The van der Waals surface area contributed by atoms with E-state index in [0.717, 1.165) is 0 Å². The van der Waals surface area contributed by atoms with Crippen LogP contribution >= 0.6 is 8.58 Å². The summed E-state index contributed by atoms with van der Waals surface area (Å²) in [6, 6.07) is 0. The molecule has 0 aliphatic carbocycles. The standard InChI is InChI=1S/C4H5F6OP/c1-12-2(11,3(5,6)7)4(8,9)10/h11-12H,1H3. The molecule has 0 saturated carbocycles. The number of halogens is 6. The Labute approximate surface area is 65.5 Å². The van der Waals surface area contributed by atoms with Gasteiger partial charge in [0.1, 0.15) is 0 Å².